The molecule has 42 heavy (non-hydrogen) atoms. The molecular weight excluding hydrogens is 534 g/mol. The van der Waals surface area contributed by atoms with Crippen molar-refractivity contribution in [2.45, 2.75) is 19.4 Å². The summed E-state index contributed by atoms with van der Waals surface area (Å²) in [4.78, 5) is 30.7. The third kappa shape index (κ3) is 7.06. The second kappa shape index (κ2) is 12.9. The van der Waals surface area contributed by atoms with Gasteiger partial charge >= 0.3 is 5.97 Å². The minimum absolute atomic E-state index is 0.144. The highest BCUT2D eigenvalue weighted by molar-refractivity contribution is 5.94. The minimum atomic E-state index is -0.969. The minimum Gasteiger partial charge on any atom is -0.497 e. The van der Waals surface area contributed by atoms with E-state index in [1.165, 1.54) is 0 Å². The van der Waals surface area contributed by atoms with Gasteiger partial charge in [-0.25, -0.2) is 4.79 Å². The first kappa shape index (κ1) is 28.2. The quantitative estimate of drug-likeness (QED) is 0.190. The van der Waals surface area contributed by atoms with Crippen molar-refractivity contribution in [3.63, 3.8) is 0 Å². The Morgan fingerprint density at radius 1 is 0.833 bits per heavy atom. The summed E-state index contributed by atoms with van der Waals surface area (Å²) in [5.74, 6) is 0.416. The van der Waals surface area contributed by atoms with Gasteiger partial charge in [0.05, 0.1) is 26.2 Å². The fourth-order valence-corrected chi connectivity index (χ4v) is 4.53. The van der Waals surface area contributed by atoms with E-state index in [0.29, 0.717) is 35.9 Å². The standard InChI is InChI=1S/C33H31N3O6/c1-40-27-12-5-22(6-13-27)17-18-36(21-24-3-9-25(10-4-24)32(38)39)33-35-29-20-26(11-16-30(29)42-33)34-31(37)19-23-7-14-28(41-2)15-8-23/h3-16,20H,17-19,21H2,1-2H3,(H,34,37)(H,38,39). The molecule has 0 unspecified atom stereocenters. The Labute approximate surface area is 243 Å². The number of aromatic nitrogens is 1. The number of hydrogen-bond donors (Lipinski definition) is 2. The summed E-state index contributed by atoms with van der Waals surface area (Å²) in [6, 6.07) is 27.8. The molecule has 5 aromatic rings. The number of carboxylic acids is 1. The largest absolute Gasteiger partial charge is 0.497 e. The maximum absolute atomic E-state index is 12.7. The Kier molecular flexibility index (Phi) is 8.67. The number of fused-ring (bicyclic) bond motifs is 1. The van der Waals surface area contributed by atoms with Crippen LogP contribution in [0.3, 0.4) is 0 Å². The molecule has 1 heterocycles. The van der Waals surface area contributed by atoms with Crippen LogP contribution in [0.1, 0.15) is 27.0 Å². The number of carboxylic acid groups (broad SMARTS) is 1. The van der Waals surface area contributed by atoms with Crippen molar-refractivity contribution < 1.29 is 28.6 Å². The second-order valence-corrected chi connectivity index (χ2v) is 9.77. The van der Waals surface area contributed by atoms with Gasteiger partial charge in [0.1, 0.15) is 17.0 Å². The van der Waals surface area contributed by atoms with Crippen LogP contribution in [0.15, 0.2) is 95.4 Å². The van der Waals surface area contributed by atoms with Gasteiger partial charge in [-0.3, -0.25) is 4.79 Å². The molecule has 9 heteroatoms. The van der Waals surface area contributed by atoms with Crippen LogP contribution in [0.4, 0.5) is 11.7 Å². The molecule has 4 aromatic carbocycles. The molecule has 0 aliphatic rings. The van der Waals surface area contributed by atoms with E-state index in [0.717, 1.165) is 34.6 Å². The van der Waals surface area contributed by atoms with E-state index < -0.39 is 5.97 Å². The number of nitrogens with zero attached hydrogens (tertiary/aromatic N) is 2. The Morgan fingerprint density at radius 2 is 1.45 bits per heavy atom. The van der Waals surface area contributed by atoms with Gasteiger partial charge in [-0.1, -0.05) is 36.4 Å². The number of amides is 1. The number of benzene rings is 4. The van der Waals surface area contributed by atoms with Gasteiger partial charge < -0.3 is 29.2 Å². The van der Waals surface area contributed by atoms with Crippen LogP contribution in [0.2, 0.25) is 0 Å². The average molecular weight is 566 g/mol. The van der Waals surface area contributed by atoms with E-state index in [4.69, 9.17) is 18.9 Å². The summed E-state index contributed by atoms with van der Waals surface area (Å²) in [5, 5.41) is 12.2. The number of aromatic carboxylic acids is 1. The fourth-order valence-electron chi connectivity index (χ4n) is 4.53. The van der Waals surface area contributed by atoms with Gasteiger partial charge in [0, 0.05) is 18.8 Å². The highest BCUT2D eigenvalue weighted by atomic mass is 16.5. The summed E-state index contributed by atoms with van der Waals surface area (Å²) in [6.07, 6.45) is 0.953. The zero-order chi connectivity index (χ0) is 29.5. The summed E-state index contributed by atoms with van der Waals surface area (Å²) >= 11 is 0. The first-order valence-electron chi connectivity index (χ1n) is 13.4. The number of oxazole rings is 1. The zero-order valence-electron chi connectivity index (χ0n) is 23.4. The average Bonchev–Trinajstić information content (AvgIpc) is 3.43. The van der Waals surface area contributed by atoms with Gasteiger partial charge in [0.15, 0.2) is 5.58 Å². The first-order chi connectivity index (χ1) is 20.4. The van der Waals surface area contributed by atoms with Crippen molar-refractivity contribution in [1.29, 1.82) is 0 Å². The molecule has 0 radical (unpaired) electrons. The van der Waals surface area contributed by atoms with Gasteiger partial charge in [0.2, 0.25) is 5.91 Å². The lowest BCUT2D eigenvalue weighted by Gasteiger charge is -2.21. The van der Waals surface area contributed by atoms with Crippen LogP contribution in [-0.2, 0) is 24.2 Å². The lowest BCUT2D eigenvalue weighted by Crippen LogP contribution is -2.25. The van der Waals surface area contributed by atoms with Gasteiger partial charge in [0.25, 0.3) is 6.01 Å². The van der Waals surface area contributed by atoms with E-state index in [1.807, 2.05) is 53.4 Å². The molecule has 0 atom stereocenters. The lowest BCUT2D eigenvalue weighted by atomic mass is 10.1. The molecule has 0 spiro atoms. The molecule has 0 fully saturated rings. The van der Waals surface area contributed by atoms with Crippen molar-refractivity contribution in [2.24, 2.45) is 0 Å². The molecule has 1 aromatic heterocycles. The molecular formula is C33H31N3O6. The summed E-state index contributed by atoms with van der Waals surface area (Å²) in [6.45, 7) is 1.07. The highest BCUT2D eigenvalue weighted by Crippen LogP contribution is 2.27. The van der Waals surface area contributed by atoms with Crippen molar-refractivity contribution in [3.05, 3.63) is 113 Å². The van der Waals surface area contributed by atoms with Crippen molar-refractivity contribution in [3.8, 4) is 11.5 Å². The number of methoxy groups -OCH3 is 2. The van der Waals surface area contributed by atoms with E-state index >= 15 is 0 Å². The maximum atomic E-state index is 12.7. The van der Waals surface area contributed by atoms with E-state index in [1.54, 1.807) is 56.7 Å². The summed E-state index contributed by atoms with van der Waals surface area (Å²) < 4.78 is 16.6. The van der Waals surface area contributed by atoms with Crippen LogP contribution in [0.5, 0.6) is 11.5 Å². The molecule has 0 aliphatic carbocycles. The van der Waals surface area contributed by atoms with Crippen molar-refractivity contribution in [1.82, 2.24) is 4.98 Å². The molecule has 0 saturated heterocycles. The van der Waals surface area contributed by atoms with E-state index in [9.17, 15) is 14.7 Å². The molecule has 0 saturated carbocycles. The van der Waals surface area contributed by atoms with Crippen LogP contribution >= 0.6 is 0 Å². The van der Waals surface area contributed by atoms with E-state index in [-0.39, 0.29) is 17.9 Å². The number of carbonyl (C=O) groups excluding carboxylic acids is 1. The van der Waals surface area contributed by atoms with Gasteiger partial charge in [-0.05, 0) is 77.7 Å². The molecule has 0 aliphatic heterocycles. The van der Waals surface area contributed by atoms with Gasteiger partial charge in [-0.15, -0.1) is 0 Å². The second-order valence-electron chi connectivity index (χ2n) is 9.77. The molecule has 9 nitrogen and oxygen atoms in total. The summed E-state index contributed by atoms with van der Waals surface area (Å²) in [7, 11) is 3.24. The zero-order valence-corrected chi connectivity index (χ0v) is 23.4. The Morgan fingerprint density at radius 3 is 2.07 bits per heavy atom. The SMILES string of the molecule is COc1ccc(CCN(Cc2ccc(C(=O)O)cc2)c2nc3cc(NC(=O)Cc4ccc(OC)cc4)ccc3o2)cc1. The number of nitrogens with one attached hydrogen (secondary N) is 1. The molecule has 0 bridgehead atoms. The topological polar surface area (TPSA) is 114 Å². The number of anilines is 2. The number of ether oxygens (including phenoxy) is 2. The molecule has 214 valence electrons. The van der Waals surface area contributed by atoms with Crippen LogP contribution in [0, 0.1) is 0 Å². The normalized spacial score (nSPS) is 10.8. The predicted molar refractivity (Wildman–Crippen MR) is 160 cm³/mol. The molecule has 2 N–H and O–H groups in total. The van der Waals surface area contributed by atoms with Crippen LogP contribution < -0.4 is 19.7 Å². The third-order valence-electron chi connectivity index (χ3n) is 6.86. The van der Waals surface area contributed by atoms with Crippen LogP contribution in [0.25, 0.3) is 11.1 Å². The van der Waals surface area contributed by atoms with E-state index in [2.05, 4.69) is 5.32 Å². The Hall–Kier alpha value is -5.31. The number of hydrogen-bond acceptors (Lipinski definition) is 7. The molecule has 5 rings (SSSR count). The van der Waals surface area contributed by atoms with Crippen LogP contribution in [-0.4, -0.2) is 42.7 Å². The van der Waals surface area contributed by atoms with Gasteiger partial charge in [-0.2, -0.15) is 4.98 Å². The fraction of sp³-hybridized carbons (Fsp3) is 0.182. The number of rotatable bonds is 12. The monoisotopic (exact) mass is 565 g/mol. The Balaban J connectivity index is 1.33. The smallest absolute Gasteiger partial charge is 0.335 e. The molecule has 1 amide bonds. The highest BCUT2D eigenvalue weighted by Gasteiger charge is 2.17. The first-order valence-corrected chi connectivity index (χ1v) is 13.4. The van der Waals surface area contributed by atoms with Crippen molar-refractivity contribution >= 4 is 34.7 Å². The summed E-state index contributed by atoms with van der Waals surface area (Å²) in [5.41, 5.74) is 4.98. The van der Waals surface area contributed by atoms with Crippen molar-refractivity contribution in [2.75, 3.05) is 31.0 Å². The lowest BCUT2D eigenvalue weighted by molar-refractivity contribution is -0.115. The number of carbonyl (C=O) groups is 2. The maximum Gasteiger partial charge on any atom is 0.335 e. The third-order valence-corrected chi connectivity index (χ3v) is 6.86. The Bertz CT molecular complexity index is 1660. The predicted octanol–water partition coefficient (Wildman–Crippen LogP) is 5.97.